The molecule has 0 spiro atoms. The molecule has 0 atom stereocenters. The Morgan fingerprint density at radius 3 is 2.50 bits per heavy atom. The number of anilines is 1. The molecular weight excluding hydrogens is 202 g/mol. The molecule has 0 saturated carbocycles. The topological polar surface area (TPSA) is 74.8 Å². The Hall–Kier alpha value is -1.71. The maximum Gasteiger partial charge on any atom is 0.104 e. The summed E-state index contributed by atoms with van der Waals surface area (Å²) in [4.78, 5) is 2.76. The molecule has 0 unspecified atom stereocenters. The number of hydrogen-bond donors (Lipinski definition) is 1. The summed E-state index contributed by atoms with van der Waals surface area (Å²) in [6.45, 7) is 2.26. The summed E-state index contributed by atoms with van der Waals surface area (Å²) in [6.07, 6.45) is 0. The van der Waals surface area contributed by atoms with Crippen molar-refractivity contribution in [2.75, 3.05) is 32.9 Å². The number of benzene rings is 1. The molecular formula is C11H18N5+. The van der Waals surface area contributed by atoms with Crippen LogP contribution in [-0.2, 0) is 6.54 Å². The first-order chi connectivity index (χ1) is 7.53. The maximum absolute atomic E-state index is 8.22. The molecule has 0 fully saturated rings. The standard InChI is InChI=1S/C11H18N5/c1-16(2,8-7-14-15-13)9-10-3-5-11(12)6-4-10/h3-6H,7-9,12H2,1-2H3/q+1. The Labute approximate surface area is 95.7 Å². The van der Waals surface area contributed by atoms with Gasteiger partial charge in [0.1, 0.15) is 6.54 Å². The summed E-state index contributed by atoms with van der Waals surface area (Å²) in [5, 5.41) is 3.56. The van der Waals surface area contributed by atoms with E-state index >= 15 is 0 Å². The molecule has 0 aliphatic rings. The average molecular weight is 220 g/mol. The normalized spacial score (nSPS) is 10.9. The summed E-state index contributed by atoms with van der Waals surface area (Å²) in [5.74, 6) is 0. The Balaban J connectivity index is 2.57. The van der Waals surface area contributed by atoms with Gasteiger partial charge in [-0.2, -0.15) is 0 Å². The summed E-state index contributed by atoms with van der Waals surface area (Å²) < 4.78 is 0.795. The van der Waals surface area contributed by atoms with Crippen molar-refractivity contribution < 1.29 is 4.48 Å². The SMILES string of the molecule is C[N+](C)(CCN=[N+]=[N-])Cc1ccc(N)cc1. The van der Waals surface area contributed by atoms with Crippen LogP contribution in [0.5, 0.6) is 0 Å². The smallest absolute Gasteiger partial charge is 0.104 e. The molecule has 0 aromatic heterocycles. The van der Waals surface area contributed by atoms with E-state index in [0.29, 0.717) is 6.54 Å². The molecule has 0 bridgehead atoms. The van der Waals surface area contributed by atoms with Crippen LogP contribution >= 0.6 is 0 Å². The molecule has 0 aliphatic heterocycles. The zero-order valence-corrected chi connectivity index (χ0v) is 9.80. The van der Waals surface area contributed by atoms with Crippen LogP contribution in [0.1, 0.15) is 5.56 Å². The molecule has 5 nitrogen and oxygen atoms in total. The van der Waals surface area contributed by atoms with E-state index in [-0.39, 0.29) is 0 Å². The van der Waals surface area contributed by atoms with Gasteiger partial charge in [-0.3, -0.25) is 0 Å². The van der Waals surface area contributed by atoms with Gasteiger partial charge in [0.2, 0.25) is 0 Å². The zero-order valence-electron chi connectivity index (χ0n) is 9.80. The lowest BCUT2D eigenvalue weighted by atomic mass is 10.2. The summed E-state index contributed by atoms with van der Waals surface area (Å²) in [7, 11) is 4.23. The highest BCUT2D eigenvalue weighted by Gasteiger charge is 2.14. The molecule has 0 radical (unpaired) electrons. The van der Waals surface area contributed by atoms with Gasteiger partial charge in [-0.15, -0.1) is 0 Å². The van der Waals surface area contributed by atoms with Crippen molar-refractivity contribution in [3.05, 3.63) is 40.3 Å². The monoisotopic (exact) mass is 220 g/mol. The fraction of sp³-hybridized carbons (Fsp3) is 0.455. The van der Waals surface area contributed by atoms with Crippen molar-refractivity contribution in [1.82, 2.24) is 0 Å². The van der Waals surface area contributed by atoms with E-state index in [9.17, 15) is 0 Å². The number of azide groups is 1. The second-order valence-electron chi connectivity index (χ2n) is 4.51. The van der Waals surface area contributed by atoms with E-state index in [4.69, 9.17) is 11.3 Å². The minimum atomic E-state index is 0.526. The number of rotatable bonds is 5. The van der Waals surface area contributed by atoms with E-state index in [1.54, 1.807) is 0 Å². The third-order valence-electron chi connectivity index (χ3n) is 2.46. The van der Waals surface area contributed by atoms with Gasteiger partial charge in [0.05, 0.1) is 27.2 Å². The molecule has 1 rings (SSSR count). The molecule has 2 N–H and O–H groups in total. The molecule has 5 heteroatoms. The number of quaternary nitrogens is 1. The highest BCUT2D eigenvalue weighted by Crippen LogP contribution is 2.11. The largest absolute Gasteiger partial charge is 0.399 e. The van der Waals surface area contributed by atoms with Crippen LogP contribution < -0.4 is 5.73 Å². The lowest BCUT2D eigenvalue weighted by Gasteiger charge is -2.29. The van der Waals surface area contributed by atoms with Crippen LogP contribution in [0.3, 0.4) is 0 Å². The molecule has 0 saturated heterocycles. The maximum atomic E-state index is 8.22. The van der Waals surface area contributed by atoms with Gasteiger partial charge >= 0.3 is 0 Å². The van der Waals surface area contributed by atoms with Crippen molar-refractivity contribution in [3.8, 4) is 0 Å². The predicted molar refractivity (Wildman–Crippen MR) is 65.5 cm³/mol. The van der Waals surface area contributed by atoms with Gasteiger partial charge in [-0.05, 0) is 17.7 Å². The number of likely N-dealkylation sites (N-methyl/N-ethyl adjacent to an activating group) is 1. The summed E-state index contributed by atoms with van der Waals surface area (Å²) in [6, 6.07) is 7.87. The van der Waals surface area contributed by atoms with Crippen LogP contribution in [0, 0.1) is 0 Å². The Kier molecular flexibility index (Phi) is 4.17. The highest BCUT2D eigenvalue weighted by atomic mass is 15.3. The lowest BCUT2D eigenvalue weighted by Crippen LogP contribution is -2.40. The molecule has 0 amide bonds. The second-order valence-corrected chi connectivity index (χ2v) is 4.51. The van der Waals surface area contributed by atoms with Crippen molar-refractivity contribution in [2.24, 2.45) is 5.11 Å². The van der Waals surface area contributed by atoms with E-state index in [2.05, 4.69) is 24.1 Å². The van der Waals surface area contributed by atoms with Crippen molar-refractivity contribution in [2.45, 2.75) is 6.54 Å². The fourth-order valence-corrected chi connectivity index (χ4v) is 1.56. The molecule has 1 aromatic rings. The van der Waals surface area contributed by atoms with E-state index in [1.165, 1.54) is 5.56 Å². The number of nitrogens with two attached hydrogens (primary N) is 1. The minimum Gasteiger partial charge on any atom is -0.399 e. The lowest BCUT2D eigenvalue weighted by molar-refractivity contribution is -0.902. The third-order valence-corrected chi connectivity index (χ3v) is 2.46. The predicted octanol–water partition coefficient (Wildman–Crippen LogP) is 2.16. The zero-order chi connectivity index (χ0) is 12.0. The molecule has 0 aliphatic carbocycles. The Morgan fingerprint density at radius 2 is 1.94 bits per heavy atom. The van der Waals surface area contributed by atoms with Crippen LogP contribution in [0.2, 0.25) is 0 Å². The quantitative estimate of drug-likeness (QED) is 0.267. The van der Waals surface area contributed by atoms with Crippen LogP contribution in [0.25, 0.3) is 10.4 Å². The van der Waals surface area contributed by atoms with Crippen LogP contribution in [0.4, 0.5) is 5.69 Å². The van der Waals surface area contributed by atoms with Crippen LogP contribution in [-0.4, -0.2) is 31.7 Å². The van der Waals surface area contributed by atoms with Gasteiger partial charge < -0.3 is 10.2 Å². The summed E-state index contributed by atoms with van der Waals surface area (Å²) in [5.41, 5.74) is 15.9. The van der Waals surface area contributed by atoms with Crippen LogP contribution in [0.15, 0.2) is 29.4 Å². The number of nitrogen functional groups attached to an aromatic ring is 1. The van der Waals surface area contributed by atoms with E-state index in [1.807, 2.05) is 24.3 Å². The van der Waals surface area contributed by atoms with E-state index in [0.717, 1.165) is 23.3 Å². The van der Waals surface area contributed by atoms with Gasteiger partial charge in [0, 0.05) is 16.2 Å². The second kappa shape index (κ2) is 5.39. The molecule has 16 heavy (non-hydrogen) atoms. The number of nitrogens with zero attached hydrogens (tertiary/aromatic N) is 4. The van der Waals surface area contributed by atoms with Gasteiger partial charge in [0.25, 0.3) is 0 Å². The Bertz CT molecular complexity index is 376. The molecule has 86 valence electrons. The highest BCUT2D eigenvalue weighted by molar-refractivity contribution is 5.39. The minimum absolute atomic E-state index is 0.526. The first-order valence-corrected chi connectivity index (χ1v) is 5.21. The first kappa shape index (κ1) is 12.4. The number of hydrogen-bond acceptors (Lipinski definition) is 2. The van der Waals surface area contributed by atoms with Gasteiger partial charge in [-0.25, -0.2) is 0 Å². The Morgan fingerprint density at radius 1 is 1.31 bits per heavy atom. The molecule has 0 heterocycles. The molecule has 1 aromatic carbocycles. The van der Waals surface area contributed by atoms with Crippen molar-refractivity contribution >= 4 is 5.69 Å². The van der Waals surface area contributed by atoms with E-state index < -0.39 is 0 Å². The average Bonchev–Trinajstić information content (AvgIpc) is 2.21. The van der Waals surface area contributed by atoms with Crippen molar-refractivity contribution in [3.63, 3.8) is 0 Å². The van der Waals surface area contributed by atoms with Crippen molar-refractivity contribution in [1.29, 1.82) is 0 Å². The van der Waals surface area contributed by atoms with Gasteiger partial charge in [0.15, 0.2) is 0 Å². The van der Waals surface area contributed by atoms with Gasteiger partial charge in [-0.1, -0.05) is 17.2 Å². The summed E-state index contributed by atoms with van der Waals surface area (Å²) >= 11 is 0. The fourth-order valence-electron chi connectivity index (χ4n) is 1.56. The first-order valence-electron chi connectivity index (χ1n) is 5.21. The third kappa shape index (κ3) is 4.21.